The number of rotatable bonds is 3. The third-order valence-corrected chi connectivity index (χ3v) is 1.63. The van der Waals surface area contributed by atoms with Crippen molar-refractivity contribution in [3.05, 3.63) is 11.1 Å². The van der Waals surface area contributed by atoms with Gasteiger partial charge in [0.2, 0.25) is 0 Å². The second-order valence-electron chi connectivity index (χ2n) is 4.25. The van der Waals surface area contributed by atoms with E-state index in [1.807, 2.05) is 0 Å². The summed E-state index contributed by atoms with van der Waals surface area (Å²) in [5.41, 5.74) is -0.593. The number of carboxylic acids is 1. The highest BCUT2D eigenvalue weighted by molar-refractivity contribution is 6.40. The van der Waals surface area contributed by atoms with Crippen molar-refractivity contribution >= 4 is 23.7 Å². The molecule has 0 aromatic carbocycles. The van der Waals surface area contributed by atoms with Crippen LogP contribution < -0.4 is 5.32 Å². The lowest BCUT2D eigenvalue weighted by Crippen LogP contribution is -2.37. The first-order chi connectivity index (χ1) is 7.11. The predicted octanol–water partition coefficient (Wildman–Crippen LogP) is 2.11. The van der Waals surface area contributed by atoms with Gasteiger partial charge in [-0.15, -0.1) is 0 Å². The summed E-state index contributed by atoms with van der Waals surface area (Å²) in [5, 5.41) is 10.6. The van der Waals surface area contributed by atoms with E-state index in [9.17, 15) is 9.59 Å². The van der Waals surface area contributed by atoms with Crippen molar-refractivity contribution in [2.45, 2.75) is 39.3 Å². The van der Waals surface area contributed by atoms with E-state index in [1.54, 1.807) is 27.7 Å². The zero-order valence-electron chi connectivity index (χ0n) is 9.70. The quantitative estimate of drug-likeness (QED) is 0.751. The van der Waals surface area contributed by atoms with Crippen LogP contribution in [0.1, 0.15) is 27.7 Å². The molecule has 1 atom stereocenters. The van der Waals surface area contributed by atoms with Crippen LogP contribution >= 0.6 is 11.6 Å². The molecule has 1 unspecified atom stereocenters. The van der Waals surface area contributed by atoms with Crippen LogP contribution in [-0.2, 0) is 9.53 Å². The third kappa shape index (κ3) is 7.11. The molecule has 5 nitrogen and oxygen atoms in total. The summed E-state index contributed by atoms with van der Waals surface area (Å²) in [6.45, 7) is 6.79. The lowest BCUT2D eigenvalue weighted by molar-refractivity contribution is -0.131. The van der Waals surface area contributed by atoms with Crippen LogP contribution in [0.5, 0.6) is 0 Å². The zero-order chi connectivity index (χ0) is 12.9. The van der Waals surface area contributed by atoms with Crippen LogP contribution in [0, 0.1) is 0 Å². The number of alkyl carbamates (subject to hydrolysis) is 1. The Morgan fingerprint density at radius 3 is 2.31 bits per heavy atom. The van der Waals surface area contributed by atoms with E-state index < -0.39 is 23.7 Å². The fourth-order valence-electron chi connectivity index (χ4n) is 0.826. The Bertz CT molecular complexity index is 306. The van der Waals surface area contributed by atoms with Crippen LogP contribution in [0.4, 0.5) is 4.79 Å². The van der Waals surface area contributed by atoms with E-state index in [4.69, 9.17) is 21.4 Å². The largest absolute Gasteiger partial charge is 0.477 e. The summed E-state index contributed by atoms with van der Waals surface area (Å²) < 4.78 is 4.98. The maximum atomic E-state index is 11.3. The van der Waals surface area contributed by atoms with Crippen LogP contribution in [0.15, 0.2) is 11.1 Å². The molecule has 16 heavy (non-hydrogen) atoms. The van der Waals surface area contributed by atoms with Crippen molar-refractivity contribution in [3.63, 3.8) is 0 Å². The minimum absolute atomic E-state index is 0.344. The SMILES string of the molecule is CC(/C=C(\Cl)C(=O)O)NC(=O)OC(C)(C)C. The zero-order valence-corrected chi connectivity index (χ0v) is 10.5. The van der Waals surface area contributed by atoms with E-state index in [0.717, 1.165) is 0 Å². The number of ether oxygens (including phenoxy) is 1. The van der Waals surface area contributed by atoms with Gasteiger partial charge in [-0.25, -0.2) is 9.59 Å². The van der Waals surface area contributed by atoms with Crippen LogP contribution in [-0.4, -0.2) is 28.8 Å². The Morgan fingerprint density at radius 2 is 1.94 bits per heavy atom. The van der Waals surface area contributed by atoms with Crippen molar-refractivity contribution < 1.29 is 19.4 Å². The molecule has 0 aliphatic carbocycles. The van der Waals surface area contributed by atoms with Crippen LogP contribution in [0.3, 0.4) is 0 Å². The Kier molecular flexibility index (Phi) is 5.30. The van der Waals surface area contributed by atoms with E-state index in [1.165, 1.54) is 6.08 Å². The number of halogens is 1. The smallest absolute Gasteiger partial charge is 0.408 e. The topological polar surface area (TPSA) is 75.6 Å². The summed E-state index contributed by atoms with van der Waals surface area (Å²) in [4.78, 5) is 21.7. The van der Waals surface area contributed by atoms with Gasteiger partial charge in [-0.3, -0.25) is 0 Å². The first kappa shape index (κ1) is 14.8. The molecule has 0 saturated heterocycles. The molecule has 0 aliphatic heterocycles. The Morgan fingerprint density at radius 1 is 1.44 bits per heavy atom. The molecule has 6 heteroatoms. The average molecular weight is 250 g/mol. The number of carbonyl (C=O) groups is 2. The number of amides is 1. The van der Waals surface area contributed by atoms with E-state index in [2.05, 4.69) is 5.32 Å². The highest BCUT2D eigenvalue weighted by atomic mass is 35.5. The molecule has 0 fully saturated rings. The van der Waals surface area contributed by atoms with Crippen molar-refractivity contribution in [1.82, 2.24) is 5.32 Å². The predicted molar refractivity (Wildman–Crippen MR) is 60.4 cm³/mol. The van der Waals surface area contributed by atoms with Gasteiger partial charge in [0.15, 0.2) is 0 Å². The van der Waals surface area contributed by atoms with Gasteiger partial charge >= 0.3 is 12.1 Å². The van der Waals surface area contributed by atoms with E-state index >= 15 is 0 Å². The van der Waals surface area contributed by atoms with Gasteiger partial charge in [0.1, 0.15) is 10.6 Å². The molecule has 92 valence electrons. The molecular formula is C10H16ClNO4. The lowest BCUT2D eigenvalue weighted by atomic mass is 10.2. The summed E-state index contributed by atoms with van der Waals surface area (Å²) in [5.74, 6) is -1.24. The van der Waals surface area contributed by atoms with E-state index in [0.29, 0.717) is 0 Å². The number of nitrogens with one attached hydrogen (secondary N) is 1. The standard InChI is InChI=1S/C10H16ClNO4/c1-6(5-7(11)8(13)14)12-9(15)16-10(2,3)4/h5-6H,1-4H3,(H,12,15)(H,13,14)/b7-5-. The number of hydrogen-bond acceptors (Lipinski definition) is 3. The molecule has 0 radical (unpaired) electrons. The Balaban J connectivity index is 4.26. The molecule has 2 N–H and O–H groups in total. The summed E-state index contributed by atoms with van der Waals surface area (Å²) in [6, 6.07) is -0.515. The Labute approximate surface area is 99.4 Å². The molecule has 0 aromatic rings. The van der Waals surface area contributed by atoms with Crippen molar-refractivity contribution in [1.29, 1.82) is 0 Å². The molecule has 0 saturated carbocycles. The molecule has 1 amide bonds. The molecule has 0 bridgehead atoms. The second kappa shape index (κ2) is 5.75. The first-order valence-corrected chi connectivity index (χ1v) is 5.10. The minimum Gasteiger partial charge on any atom is -0.477 e. The average Bonchev–Trinajstić information content (AvgIpc) is 1.98. The van der Waals surface area contributed by atoms with Gasteiger partial charge in [-0.2, -0.15) is 0 Å². The third-order valence-electron chi connectivity index (χ3n) is 1.35. The van der Waals surface area contributed by atoms with Gasteiger partial charge < -0.3 is 15.2 Å². The highest BCUT2D eigenvalue weighted by Gasteiger charge is 2.17. The van der Waals surface area contributed by atoms with Crippen molar-refractivity contribution in [3.8, 4) is 0 Å². The molecule has 0 aliphatic rings. The number of aliphatic carboxylic acids is 1. The maximum Gasteiger partial charge on any atom is 0.408 e. The number of hydrogen-bond donors (Lipinski definition) is 2. The van der Waals surface area contributed by atoms with Gasteiger partial charge in [0, 0.05) is 6.04 Å². The fraction of sp³-hybridized carbons (Fsp3) is 0.600. The lowest BCUT2D eigenvalue weighted by Gasteiger charge is -2.21. The minimum atomic E-state index is -1.24. The normalized spacial score (nSPS) is 14.2. The highest BCUT2D eigenvalue weighted by Crippen LogP contribution is 2.08. The summed E-state index contributed by atoms with van der Waals surface area (Å²) in [7, 11) is 0. The first-order valence-electron chi connectivity index (χ1n) is 4.72. The van der Waals surface area contributed by atoms with Crippen LogP contribution in [0.2, 0.25) is 0 Å². The van der Waals surface area contributed by atoms with Gasteiger partial charge in [-0.1, -0.05) is 11.6 Å². The van der Waals surface area contributed by atoms with Gasteiger partial charge in [0.05, 0.1) is 0 Å². The number of carbonyl (C=O) groups excluding carboxylic acids is 1. The van der Waals surface area contributed by atoms with Crippen LogP contribution in [0.25, 0.3) is 0 Å². The van der Waals surface area contributed by atoms with E-state index in [-0.39, 0.29) is 5.03 Å². The fourth-order valence-corrected chi connectivity index (χ4v) is 1.01. The molecular weight excluding hydrogens is 234 g/mol. The summed E-state index contributed by atoms with van der Waals surface area (Å²) >= 11 is 5.40. The Hall–Kier alpha value is -1.23. The van der Waals surface area contributed by atoms with Gasteiger partial charge in [0.25, 0.3) is 0 Å². The maximum absolute atomic E-state index is 11.3. The van der Waals surface area contributed by atoms with Crippen molar-refractivity contribution in [2.24, 2.45) is 0 Å². The summed E-state index contributed by atoms with van der Waals surface area (Å²) in [6.07, 6.45) is 0.597. The molecule has 0 rings (SSSR count). The molecule has 0 spiro atoms. The van der Waals surface area contributed by atoms with Crippen molar-refractivity contribution in [2.75, 3.05) is 0 Å². The second-order valence-corrected chi connectivity index (χ2v) is 4.66. The monoisotopic (exact) mass is 249 g/mol. The molecule has 0 heterocycles. The molecule has 0 aromatic heterocycles. The van der Waals surface area contributed by atoms with Gasteiger partial charge in [-0.05, 0) is 33.8 Å². The number of carboxylic acid groups (broad SMARTS) is 1.